The summed E-state index contributed by atoms with van der Waals surface area (Å²) in [7, 11) is -3.22. The van der Waals surface area contributed by atoms with Crippen LogP contribution in [0.25, 0.3) is 0 Å². The third-order valence-electron chi connectivity index (χ3n) is 1.70. The predicted molar refractivity (Wildman–Crippen MR) is 49.1 cm³/mol. The van der Waals surface area contributed by atoms with Gasteiger partial charge in [0.05, 0.1) is 4.90 Å². The lowest BCUT2D eigenvalue weighted by Gasteiger charge is -2.03. The highest BCUT2D eigenvalue weighted by Crippen LogP contribution is 2.20. The summed E-state index contributed by atoms with van der Waals surface area (Å²) < 4.78 is 22.2. The number of aromatic hydroxyl groups is 1. The molecule has 3 N–H and O–H groups in total. The van der Waals surface area contributed by atoms with E-state index in [1.807, 2.05) is 0 Å². The SMILES string of the molecule is CS(=O)(=O)c1ccc(O)c(CN)c1. The minimum absolute atomic E-state index is 0.0231. The molecule has 0 amide bonds. The Morgan fingerprint density at radius 3 is 2.54 bits per heavy atom. The van der Waals surface area contributed by atoms with Crippen LogP contribution in [0.2, 0.25) is 0 Å². The Morgan fingerprint density at radius 1 is 1.46 bits per heavy atom. The summed E-state index contributed by atoms with van der Waals surface area (Å²) in [5.41, 5.74) is 5.74. The maximum absolute atomic E-state index is 11.1. The third-order valence-corrected chi connectivity index (χ3v) is 2.81. The van der Waals surface area contributed by atoms with Crippen molar-refractivity contribution in [3.63, 3.8) is 0 Å². The fraction of sp³-hybridized carbons (Fsp3) is 0.250. The first-order valence-electron chi connectivity index (χ1n) is 3.67. The van der Waals surface area contributed by atoms with E-state index in [0.717, 1.165) is 6.26 Å². The first-order valence-corrected chi connectivity index (χ1v) is 5.56. The van der Waals surface area contributed by atoms with Gasteiger partial charge in [-0.25, -0.2) is 8.42 Å². The highest BCUT2D eigenvalue weighted by atomic mass is 32.2. The Morgan fingerprint density at radius 2 is 2.08 bits per heavy atom. The van der Waals surface area contributed by atoms with Crippen LogP contribution >= 0.6 is 0 Å². The van der Waals surface area contributed by atoms with Gasteiger partial charge < -0.3 is 10.8 Å². The number of rotatable bonds is 2. The first kappa shape index (κ1) is 10.0. The van der Waals surface area contributed by atoms with Crippen LogP contribution in [0.4, 0.5) is 0 Å². The molecule has 1 aromatic rings. The van der Waals surface area contributed by atoms with E-state index in [4.69, 9.17) is 5.73 Å². The number of hydrogen-bond acceptors (Lipinski definition) is 4. The van der Waals surface area contributed by atoms with Crippen LogP contribution < -0.4 is 5.73 Å². The molecule has 0 unspecified atom stereocenters. The Balaban J connectivity index is 3.30. The molecule has 4 nitrogen and oxygen atoms in total. The standard InChI is InChI=1S/C8H11NO3S/c1-13(11,12)7-2-3-8(10)6(4-7)5-9/h2-4,10H,5,9H2,1H3. The van der Waals surface area contributed by atoms with Crippen molar-refractivity contribution in [3.8, 4) is 5.75 Å². The zero-order chi connectivity index (χ0) is 10.1. The zero-order valence-corrected chi connectivity index (χ0v) is 8.00. The van der Waals surface area contributed by atoms with Gasteiger partial charge in [-0.05, 0) is 18.2 Å². The number of phenols is 1. The lowest BCUT2D eigenvalue weighted by molar-refractivity contribution is 0.467. The number of benzene rings is 1. The highest BCUT2D eigenvalue weighted by Gasteiger charge is 2.09. The molecule has 0 spiro atoms. The van der Waals surface area contributed by atoms with E-state index < -0.39 is 9.84 Å². The van der Waals surface area contributed by atoms with Gasteiger partial charge in [0.2, 0.25) is 0 Å². The molecule has 0 aromatic heterocycles. The number of phenolic OH excluding ortho intramolecular Hbond substituents is 1. The summed E-state index contributed by atoms with van der Waals surface area (Å²) in [4.78, 5) is 0.172. The fourth-order valence-corrected chi connectivity index (χ4v) is 1.63. The lowest BCUT2D eigenvalue weighted by Crippen LogP contribution is -2.01. The molecule has 0 fully saturated rings. The van der Waals surface area contributed by atoms with Gasteiger partial charge in [0.25, 0.3) is 0 Å². The zero-order valence-electron chi connectivity index (χ0n) is 7.19. The second-order valence-electron chi connectivity index (χ2n) is 2.77. The normalized spacial score (nSPS) is 11.5. The molecular formula is C8H11NO3S. The van der Waals surface area contributed by atoms with E-state index >= 15 is 0 Å². The molecule has 0 aliphatic carbocycles. The maximum Gasteiger partial charge on any atom is 0.175 e. The van der Waals surface area contributed by atoms with E-state index in [0.29, 0.717) is 5.56 Å². The molecular weight excluding hydrogens is 190 g/mol. The summed E-state index contributed by atoms with van der Waals surface area (Å²) in [6.07, 6.45) is 1.11. The van der Waals surface area contributed by atoms with Gasteiger partial charge in [0.1, 0.15) is 5.75 Å². The first-order chi connectivity index (χ1) is 5.95. The van der Waals surface area contributed by atoms with Crippen molar-refractivity contribution in [2.45, 2.75) is 11.4 Å². The van der Waals surface area contributed by atoms with Crippen molar-refractivity contribution in [1.82, 2.24) is 0 Å². The summed E-state index contributed by atoms with van der Waals surface area (Å²) >= 11 is 0. The van der Waals surface area contributed by atoms with E-state index in [1.54, 1.807) is 0 Å². The Hall–Kier alpha value is -1.07. The Bertz CT molecular complexity index is 411. The molecule has 0 bridgehead atoms. The molecule has 13 heavy (non-hydrogen) atoms. The number of nitrogens with two attached hydrogens (primary N) is 1. The quantitative estimate of drug-likeness (QED) is 0.719. The minimum atomic E-state index is -3.22. The second kappa shape index (κ2) is 3.35. The van der Waals surface area contributed by atoms with Crippen LogP contribution in [-0.4, -0.2) is 19.8 Å². The number of sulfone groups is 1. The molecule has 0 atom stereocenters. The van der Waals surface area contributed by atoms with Crippen LogP contribution in [0, 0.1) is 0 Å². The topological polar surface area (TPSA) is 80.4 Å². The molecule has 1 aromatic carbocycles. The average Bonchev–Trinajstić information content (AvgIpc) is 2.03. The van der Waals surface area contributed by atoms with Crippen LogP contribution in [0.1, 0.15) is 5.56 Å². The monoisotopic (exact) mass is 201 g/mol. The van der Waals surface area contributed by atoms with E-state index in [9.17, 15) is 13.5 Å². The van der Waals surface area contributed by atoms with E-state index in [2.05, 4.69) is 0 Å². The van der Waals surface area contributed by atoms with Gasteiger partial charge in [-0.2, -0.15) is 0 Å². The summed E-state index contributed by atoms with van der Waals surface area (Å²) in [6, 6.07) is 4.06. The second-order valence-corrected chi connectivity index (χ2v) is 4.78. The van der Waals surface area contributed by atoms with Crippen LogP contribution in [0.5, 0.6) is 5.75 Å². The van der Waals surface area contributed by atoms with Crippen molar-refractivity contribution >= 4 is 9.84 Å². The molecule has 0 aliphatic heterocycles. The fourth-order valence-electron chi connectivity index (χ4n) is 0.956. The summed E-state index contributed by atoms with van der Waals surface area (Å²) in [6.45, 7) is 0.120. The van der Waals surface area contributed by atoms with Gasteiger partial charge in [-0.3, -0.25) is 0 Å². The summed E-state index contributed by atoms with van der Waals surface area (Å²) in [5.74, 6) is 0.0231. The van der Waals surface area contributed by atoms with Gasteiger partial charge in [-0.1, -0.05) is 0 Å². The van der Waals surface area contributed by atoms with E-state index in [1.165, 1.54) is 18.2 Å². The van der Waals surface area contributed by atoms with Crippen molar-refractivity contribution in [1.29, 1.82) is 0 Å². The van der Waals surface area contributed by atoms with Crippen LogP contribution in [0.15, 0.2) is 23.1 Å². The Kier molecular flexibility index (Phi) is 2.58. The average molecular weight is 201 g/mol. The predicted octanol–water partition coefficient (Wildman–Crippen LogP) is 0.254. The minimum Gasteiger partial charge on any atom is -0.508 e. The maximum atomic E-state index is 11.1. The van der Waals surface area contributed by atoms with Gasteiger partial charge >= 0.3 is 0 Å². The smallest absolute Gasteiger partial charge is 0.175 e. The molecule has 0 saturated heterocycles. The molecule has 1 rings (SSSR count). The highest BCUT2D eigenvalue weighted by molar-refractivity contribution is 7.90. The molecule has 0 aliphatic rings. The van der Waals surface area contributed by atoms with E-state index in [-0.39, 0.29) is 17.2 Å². The molecule has 72 valence electrons. The lowest BCUT2D eigenvalue weighted by atomic mass is 10.2. The summed E-state index contributed by atoms with van der Waals surface area (Å²) in [5, 5.41) is 9.23. The van der Waals surface area contributed by atoms with Gasteiger partial charge in [0, 0.05) is 18.4 Å². The largest absolute Gasteiger partial charge is 0.508 e. The number of hydrogen-bond donors (Lipinski definition) is 2. The Labute approximate surface area is 76.9 Å². The van der Waals surface area contributed by atoms with Gasteiger partial charge in [0.15, 0.2) is 9.84 Å². The van der Waals surface area contributed by atoms with Crippen molar-refractivity contribution < 1.29 is 13.5 Å². The third kappa shape index (κ3) is 2.19. The van der Waals surface area contributed by atoms with Crippen molar-refractivity contribution in [2.24, 2.45) is 5.73 Å². The van der Waals surface area contributed by atoms with Gasteiger partial charge in [-0.15, -0.1) is 0 Å². The molecule has 5 heteroatoms. The molecule has 0 radical (unpaired) electrons. The van der Waals surface area contributed by atoms with Crippen LogP contribution in [0.3, 0.4) is 0 Å². The van der Waals surface area contributed by atoms with Crippen molar-refractivity contribution in [3.05, 3.63) is 23.8 Å². The molecule has 0 saturated carbocycles. The van der Waals surface area contributed by atoms with Crippen molar-refractivity contribution in [2.75, 3.05) is 6.26 Å². The van der Waals surface area contributed by atoms with Crippen LogP contribution in [-0.2, 0) is 16.4 Å². The molecule has 0 heterocycles.